The predicted molar refractivity (Wildman–Crippen MR) is 91.3 cm³/mol. The summed E-state index contributed by atoms with van der Waals surface area (Å²) in [7, 11) is 0. The molecule has 0 atom stereocenters. The molecule has 0 aliphatic heterocycles. The molecular weight excluding hydrogens is 310 g/mol. The van der Waals surface area contributed by atoms with Gasteiger partial charge in [-0.2, -0.15) is 0 Å². The molecule has 0 unspecified atom stereocenters. The Morgan fingerprint density at radius 2 is 2.17 bits per heavy atom. The average molecular weight is 329 g/mol. The second-order valence-corrected chi connectivity index (χ2v) is 5.93. The fourth-order valence-electron chi connectivity index (χ4n) is 2.59. The Hall–Kier alpha value is -2.21. The van der Waals surface area contributed by atoms with Crippen molar-refractivity contribution < 1.29 is 9.53 Å². The van der Waals surface area contributed by atoms with E-state index in [2.05, 4.69) is 15.6 Å². The Balaban J connectivity index is 1.76. The molecule has 0 fully saturated rings. The Morgan fingerprint density at radius 1 is 1.30 bits per heavy atom. The topological polar surface area (TPSA) is 57.0 Å². The zero-order chi connectivity index (χ0) is 16.1. The maximum atomic E-state index is 11.4. The fourth-order valence-corrected chi connectivity index (χ4v) is 3.12. The van der Waals surface area contributed by atoms with Gasteiger partial charge in [-0.15, -0.1) is 11.3 Å². The average Bonchev–Trinajstić information content (AvgIpc) is 3.19. The SMILES string of the molecule is CCOC(=O)CCCCn1c(-c2cscn2)nc2ccccc21. The van der Waals surface area contributed by atoms with E-state index in [4.69, 9.17) is 9.72 Å². The minimum Gasteiger partial charge on any atom is -0.466 e. The van der Waals surface area contributed by atoms with E-state index >= 15 is 0 Å². The zero-order valence-corrected chi connectivity index (χ0v) is 13.9. The van der Waals surface area contributed by atoms with E-state index < -0.39 is 0 Å². The van der Waals surface area contributed by atoms with E-state index in [9.17, 15) is 4.79 Å². The first kappa shape index (κ1) is 15.7. The number of hydrogen-bond donors (Lipinski definition) is 0. The molecule has 0 spiro atoms. The highest BCUT2D eigenvalue weighted by Gasteiger charge is 2.13. The molecule has 0 saturated carbocycles. The number of aromatic nitrogens is 3. The number of fused-ring (bicyclic) bond motifs is 1. The molecule has 0 aliphatic carbocycles. The number of thiazole rings is 1. The minimum absolute atomic E-state index is 0.122. The van der Waals surface area contributed by atoms with Crippen LogP contribution in [0.2, 0.25) is 0 Å². The van der Waals surface area contributed by atoms with Gasteiger partial charge in [0.15, 0.2) is 5.82 Å². The van der Waals surface area contributed by atoms with Gasteiger partial charge in [0.2, 0.25) is 0 Å². The molecule has 0 bridgehead atoms. The van der Waals surface area contributed by atoms with Gasteiger partial charge in [-0.05, 0) is 31.9 Å². The van der Waals surface area contributed by atoms with Crippen molar-refractivity contribution in [3.05, 3.63) is 35.2 Å². The lowest BCUT2D eigenvalue weighted by molar-refractivity contribution is -0.143. The summed E-state index contributed by atoms with van der Waals surface area (Å²) in [6.45, 7) is 3.08. The van der Waals surface area contributed by atoms with Crippen molar-refractivity contribution >= 4 is 28.3 Å². The number of imidazole rings is 1. The van der Waals surface area contributed by atoms with Crippen molar-refractivity contribution in [3.63, 3.8) is 0 Å². The highest BCUT2D eigenvalue weighted by molar-refractivity contribution is 7.07. The third kappa shape index (κ3) is 3.59. The lowest BCUT2D eigenvalue weighted by Gasteiger charge is -2.08. The number of ether oxygens (including phenoxy) is 1. The van der Waals surface area contributed by atoms with Gasteiger partial charge in [-0.1, -0.05) is 12.1 Å². The molecule has 1 aromatic carbocycles. The van der Waals surface area contributed by atoms with Crippen molar-refractivity contribution in [2.45, 2.75) is 32.7 Å². The highest BCUT2D eigenvalue weighted by Crippen LogP contribution is 2.25. The molecule has 120 valence electrons. The molecule has 3 rings (SSSR count). The van der Waals surface area contributed by atoms with E-state index in [0.29, 0.717) is 13.0 Å². The van der Waals surface area contributed by atoms with Crippen molar-refractivity contribution in [1.29, 1.82) is 0 Å². The van der Waals surface area contributed by atoms with Crippen molar-refractivity contribution in [2.75, 3.05) is 6.61 Å². The monoisotopic (exact) mass is 329 g/mol. The van der Waals surface area contributed by atoms with Crippen LogP contribution in [-0.4, -0.2) is 27.1 Å². The fraction of sp³-hybridized carbons (Fsp3) is 0.353. The summed E-state index contributed by atoms with van der Waals surface area (Å²) in [5, 5.41) is 2.01. The lowest BCUT2D eigenvalue weighted by Crippen LogP contribution is -2.05. The van der Waals surface area contributed by atoms with E-state index in [1.54, 1.807) is 11.3 Å². The highest BCUT2D eigenvalue weighted by atomic mass is 32.1. The number of carbonyl (C=O) groups is 1. The van der Waals surface area contributed by atoms with Crippen LogP contribution in [0, 0.1) is 0 Å². The van der Waals surface area contributed by atoms with Crippen LogP contribution in [0.4, 0.5) is 0 Å². The van der Waals surface area contributed by atoms with E-state index in [0.717, 1.165) is 41.9 Å². The molecule has 0 aliphatic rings. The second kappa shape index (κ2) is 7.37. The first-order valence-electron chi connectivity index (χ1n) is 7.79. The maximum Gasteiger partial charge on any atom is 0.305 e. The third-order valence-electron chi connectivity index (χ3n) is 3.63. The molecular formula is C17H19N3O2S. The number of benzene rings is 1. The van der Waals surface area contributed by atoms with E-state index in [-0.39, 0.29) is 5.97 Å². The third-order valence-corrected chi connectivity index (χ3v) is 4.22. The summed E-state index contributed by atoms with van der Waals surface area (Å²) in [5.74, 6) is 0.770. The summed E-state index contributed by atoms with van der Waals surface area (Å²) in [6.07, 6.45) is 2.17. The smallest absolute Gasteiger partial charge is 0.305 e. The molecule has 6 heteroatoms. The molecule has 0 radical (unpaired) electrons. The molecule has 2 aromatic heterocycles. The lowest BCUT2D eigenvalue weighted by atomic mass is 10.2. The second-order valence-electron chi connectivity index (χ2n) is 5.21. The Morgan fingerprint density at radius 3 is 2.96 bits per heavy atom. The van der Waals surface area contributed by atoms with Gasteiger partial charge < -0.3 is 9.30 Å². The standard InChI is InChI=1S/C17H19N3O2S/c1-2-22-16(21)9-5-6-10-20-15-8-4-3-7-13(15)19-17(20)14-11-23-12-18-14/h3-4,7-8,11-12H,2,5-6,9-10H2,1H3. The molecule has 23 heavy (non-hydrogen) atoms. The predicted octanol–water partition coefficient (Wildman–Crippen LogP) is 3.89. The summed E-state index contributed by atoms with van der Waals surface area (Å²) >= 11 is 1.57. The quantitative estimate of drug-likeness (QED) is 0.487. The van der Waals surface area contributed by atoms with Crippen LogP contribution in [0.15, 0.2) is 35.2 Å². The van der Waals surface area contributed by atoms with Crippen molar-refractivity contribution in [2.24, 2.45) is 0 Å². The minimum atomic E-state index is -0.122. The van der Waals surface area contributed by atoms with Crippen LogP contribution in [0.5, 0.6) is 0 Å². The summed E-state index contributed by atoms with van der Waals surface area (Å²) in [5.41, 5.74) is 4.80. The van der Waals surface area contributed by atoms with Crippen LogP contribution < -0.4 is 0 Å². The van der Waals surface area contributed by atoms with Gasteiger partial charge in [-0.3, -0.25) is 4.79 Å². The number of carbonyl (C=O) groups excluding carboxylic acids is 1. The largest absolute Gasteiger partial charge is 0.466 e. The Bertz CT molecular complexity index is 780. The molecule has 3 aromatic rings. The van der Waals surface area contributed by atoms with E-state index in [1.807, 2.05) is 36.0 Å². The van der Waals surface area contributed by atoms with E-state index in [1.165, 1.54) is 0 Å². The number of nitrogens with zero attached hydrogens (tertiary/aromatic N) is 3. The number of aryl methyl sites for hydroxylation is 1. The number of rotatable bonds is 7. The molecule has 0 amide bonds. The molecule has 0 N–H and O–H groups in total. The van der Waals surface area contributed by atoms with Crippen LogP contribution in [0.1, 0.15) is 26.2 Å². The first-order chi connectivity index (χ1) is 11.3. The Labute approximate surface area is 138 Å². The number of esters is 1. The van der Waals surface area contributed by atoms with Crippen LogP contribution in [0.3, 0.4) is 0 Å². The van der Waals surface area contributed by atoms with Crippen LogP contribution >= 0.6 is 11.3 Å². The summed E-state index contributed by atoms with van der Waals surface area (Å²) in [4.78, 5) is 20.5. The Kier molecular flexibility index (Phi) is 5.02. The van der Waals surface area contributed by atoms with Crippen LogP contribution in [-0.2, 0) is 16.1 Å². The first-order valence-corrected chi connectivity index (χ1v) is 8.73. The molecule has 2 heterocycles. The van der Waals surface area contributed by atoms with Gasteiger partial charge in [0.25, 0.3) is 0 Å². The van der Waals surface area contributed by atoms with Gasteiger partial charge in [0.1, 0.15) is 5.69 Å². The maximum absolute atomic E-state index is 11.4. The van der Waals surface area contributed by atoms with Crippen LogP contribution in [0.25, 0.3) is 22.6 Å². The zero-order valence-electron chi connectivity index (χ0n) is 13.1. The summed E-state index contributed by atoms with van der Waals surface area (Å²) in [6, 6.07) is 8.10. The molecule has 0 saturated heterocycles. The van der Waals surface area contributed by atoms with Gasteiger partial charge in [-0.25, -0.2) is 9.97 Å². The number of hydrogen-bond acceptors (Lipinski definition) is 5. The summed E-state index contributed by atoms with van der Waals surface area (Å²) < 4.78 is 7.16. The van der Waals surface area contributed by atoms with Gasteiger partial charge in [0, 0.05) is 18.3 Å². The molecule has 5 nitrogen and oxygen atoms in total. The van der Waals surface area contributed by atoms with Crippen molar-refractivity contribution in [3.8, 4) is 11.5 Å². The van der Waals surface area contributed by atoms with Gasteiger partial charge in [0.05, 0.1) is 23.2 Å². The number of para-hydroxylation sites is 2. The normalized spacial score (nSPS) is 11.0. The van der Waals surface area contributed by atoms with Gasteiger partial charge >= 0.3 is 5.97 Å². The number of unbranched alkanes of at least 4 members (excludes halogenated alkanes) is 1. The van der Waals surface area contributed by atoms with Crippen molar-refractivity contribution in [1.82, 2.24) is 14.5 Å².